The number of aromatic hydroxyl groups is 2. The lowest BCUT2D eigenvalue weighted by Crippen LogP contribution is -2.31. The van der Waals surface area contributed by atoms with Crippen molar-refractivity contribution in [1.82, 2.24) is 0 Å². The molecule has 304 valence electrons. The van der Waals surface area contributed by atoms with E-state index in [9.17, 15) is 10.2 Å². The van der Waals surface area contributed by atoms with Crippen molar-refractivity contribution in [2.24, 2.45) is 0 Å². The van der Waals surface area contributed by atoms with Crippen LogP contribution >= 0.6 is 0 Å². The van der Waals surface area contributed by atoms with Gasteiger partial charge in [-0.05, 0) is 109 Å². The van der Waals surface area contributed by atoms with Crippen LogP contribution in [0, 0.1) is 0 Å². The second-order valence-corrected chi connectivity index (χ2v) is 15.3. The van der Waals surface area contributed by atoms with Crippen LogP contribution in [-0.4, -0.2) is 47.2 Å². The minimum absolute atomic E-state index is 0.122. The van der Waals surface area contributed by atoms with Crippen LogP contribution in [-0.2, 0) is 27.8 Å². The van der Waals surface area contributed by atoms with Crippen molar-refractivity contribution in [3.8, 4) is 11.5 Å². The molecular formula is C50H68O6. The zero-order chi connectivity index (χ0) is 40.8. The molecule has 0 radical (unpaired) electrons. The van der Waals surface area contributed by atoms with Gasteiger partial charge >= 0.3 is 0 Å². The number of aliphatic hydroxyl groups excluding tert-OH is 2. The first-order chi connectivity index (χ1) is 27.4. The van der Waals surface area contributed by atoms with Gasteiger partial charge in [0.15, 0.2) is 0 Å². The van der Waals surface area contributed by atoms with Crippen LogP contribution < -0.4 is 0 Å². The van der Waals surface area contributed by atoms with Gasteiger partial charge in [0.1, 0.15) is 24.1 Å². The lowest BCUT2D eigenvalue weighted by Gasteiger charge is -2.41. The number of phenolic OH excluding ortho intramolecular Hbond substituents is 2. The molecule has 3 aliphatic carbocycles. The van der Waals surface area contributed by atoms with Gasteiger partial charge in [-0.25, -0.2) is 0 Å². The van der Waals surface area contributed by atoms with E-state index < -0.39 is 0 Å². The first kappa shape index (κ1) is 46.1. The smallest absolute Gasteiger partial charge is 0.122 e. The molecule has 4 aromatic carbocycles. The third-order valence-corrected chi connectivity index (χ3v) is 11.8. The summed E-state index contributed by atoms with van der Waals surface area (Å²) in [6.07, 6.45) is 21.2. The summed E-state index contributed by atoms with van der Waals surface area (Å²) in [5.41, 5.74) is 9.67. The number of hydrogen-bond donors (Lipinski definition) is 4. The molecule has 0 aromatic heterocycles. The lowest BCUT2D eigenvalue weighted by molar-refractivity contribution is -0.106. The standard InChI is InChI=1S/C44H52O2.2C2H4O.2CH4O/c45-42-36(26-32-16-6-1-7-17-32)28-38(30-40(42)34-20-10-3-11-21-34)44(24-14-5-15-25-44)39-29-37(27-33-18-8-2-9-19-33)43(46)41(31-39)35-22-12-4-13-23-35;2*1-2-3;2*1-2/h1-2,6-9,16-19,28-31,34-35,45-46H,3-5,10-15,20-27H2;2*2H,1H3;2*2H,1H3. The molecule has 0 heterocycles. The van der Waals surface area contributed by atoms with Gasteiger partial charge in [0, 0.05) is 32.5 Å². The number of aliphatic hydroxyl groups is 2. The van der Waals surface area contributed by atoms with E-state index in [2.05, 4.69) is 84.9 Å². The minimum atomic E-state index is -0.122. The third kappa shape index (κ3) is 12.4. The first-order valence-electron chi connectivity index (χ1n) is 20.9. The zero-order valence-corrected chi connectivity index (χ0v) is 34.5. The fourth-order valence-electron chi connectivity index (χ4n) is 9.24. The Labute approximate surface area is 337 Å². The third-order valence-electron chi connectivity index (χ3n) is 11.8. The van der Waals surface area contributed by atoms with Crippen LogP contribution in [0.15, 0.2) is 84.9 Å². The summed E-state index contributed by atoms with van der Waals surface area (Å²) in [6, 6.07) is 31.0. The van der Waals surface area contributed by atoms with E-state index in [0.717, 1.165) is 63.6 Å². The molecule has 6 nitrogen and oxygen atoms in total. The number of hydrogen-bond acceptors (Lipinski definition) is 6. The highest BCUT2D eigenvalue weighted by atomic mass is 16.3. The second-order valence-electron chi connectivity index (χ2n) is 15.3. The van der Waals surface area contributed by atoms with Crippen LogP contribution in [0.3, 0.4) is 0 Å². The zero-order valence-electron chi connectivity index (χ0n) is 34.5. The highest BCUT2D eigenvalue weighted by Crippen LogP contribution is 2.51. The maximum Gasteiger partial charge on any atom is 0.122 e. The Bertz CT molecular complexity index is 1580. The van der Waals surface area contributed by atoms with E-state index in [-0.39, 0.29) is 5.41 Å². The molecule has 4 N–H and O–H groups in total. The van der Waals surface area contributed by atoms with Crippen LogP contribution in [0.25, 0.3) is 0 Å². The summed E-state index contributed by atoms with van der Waals surface area (Å²) >= 11 is 0. The largest absolute Gasteiger partial charge is 0.507 e. The van der Waals surface area contributed by atoms with Gasteiger partial charge in [-0.15, -0.1) is 0 Å². The van der Waals surface area contributed by atoms with Crippen LogP contribution in [0.5, 0.6) is 11.5 Å². The number of aldehydes is 2. The summed E-state index contributed by atoms with van der Waals surface area (Å²) < 4.78 is 0. The highest BCUT2D eigenvalue weighted by molar-refractivity contribution is 5.56. The number of benzene rings is 4. The number of phenols is 2. The number of carbonyl (C=O) groups excluding carboxylic acids is 2. The lowest BCUT2D eigenvalue weighted by atomic mass is 9.63. The van der Waals surface area contributed by atoms with Crippen molar-refractivity contribution in [2.45, 2.75) is 140 Å². The summed E-state index contributed by atoms with van der Waals surface area (Å²) in [5.74, 6) is 1.91. The molecule has 0 spiro atoms. The summed E-state index contributed by atoms with van der Waals surface area (Å²) in [5, 5.41) is 37.8. The Kier molecular flexibility index (Phi) is 20.7. The van der Waals surface area contributed by atoms with Crippen molar-refractivity contribution in [3.63, 3.8) is 0 Å². The van der Waals surface area contributed by atoms with Gasteiger partial charge < -0.3 is 30.0 Å². The quantitative estimate of drug-likeness (QED) is 0.133. The van der Waals surface area contributed by atoms with E-state index in [1.165, 1.54) is 131 Å². The molecule has 7 rings (SSSR count). The molecule has 6 heteroatoms. The molecule has 0 aliphatic heterocycles. The number of carbonyl (C=O) groups is 2. The normalized spacial score (nSPS) is 16.5. The SMILES string of the molecule is CC=O.CC=O.CO.CO.Oc1c(Cc2ccccc2)cc(C2(c3cc(Cc4ccccc4)c(O)c(C4CCCCC4)c3)CCCCC2)cc1C1CCCCC1. The maximum atomic E-state index is 11.9. The molecule has 0 bridgehead atoms. The molecule has 3 saturated carbocycles. The second kappa shape index (κ2) is 25.1. The van der Waals surface area contributed by atoms with Crippen LogP contribution in [0.2, 0.25) is 0 Å². The maximum absolute atomic E-state index is 11.9. The van der Waals surface area contributed by atoms with Crippen molar-refractivity contribution in [1.29, 1.82) is 0 Å². The molecule has 3 fully saturated rings. The van der Waals surface area contributed by atoms with Crippen molar-refractivity contribution < 1.29 is 30.0 Å². The van der Waals surface area contributed by atoms with Crippen molar-refractivity contribution in [3.05, 3.63) is 129 Å². The average Bonchev–Trinajstić information content (AvgIpc) is 3.26. The van der Waals surface area contributed by atoms with E-state index in [1.54, 1.807) is 0 Å². The van der Waals surface area contributed by atoms with Crippen molar-refractivity contribution in [2.75, 3.05) is 14.2 Å². The van der Waals surface area contributed by atoms with E-state index >= 15 is 0 Å². The Balaban J connectivity index is 0.000000770. The van der Waals surface area contributed by atoms with Gasteiger partial charge in [-0.1, -0.05) is 143 Å². The van der Waals surface area contributed by atoms with Gasteiger partial charge in [0.25, 0.3) is 0 Å². The Morgan fingerprint density at radius 1 is 0.518 bits per heavy atom. The fraction of sp³-hybridized carbons (Fsp3) is 0.480. The predicted octanol–water partition coefficient (Wildman–Crippen LogP) is 11.3. The Morgan fingerprint density at radius 3 is 1.18 bits per heavy atom. The first-order valence-corrected chi connectivity index (χ1v) is 20.9. The predicted molar refractivity (Wildman–Crippen MR) is 230 cm³/mol. The minimum Gasteiger partial charge on any atom is -0.507 e. The fourth-order valence-corrected chi connectivity index (χ4v) is 9.24. The molecule has 0 amide bonds. The molecule has 0 unspecified atom stereocenters. The van der Waals surface area contributed by atoms with E-state index in [0.29, 0.717) is 23.3 Å². The molecule has 3 aliphatic rings. The molecule has 4 aromatic rings. The Morgan fingerprint density at radius 2 is 0.839 bits per heavy atom. The van der Waals surface area contributed by atoms with Gasteiger partial charge in [0.05, 0.1) is 0 Å². The van der Waals surface area contributed by atoms with E-state index in [4.69, 9.17) is 19.8 Å². The molecule has 56 heavy (non-hydrogen) atoms. The molecular weight excluding hydrogens is 697 g/mol. The highest BCUT2D eigenvalue weighted by Gasteiger charge is 2.39. The van der Waals surface area contributed by atoms with Gasteiger partial charge in [-0.3, -0.25) is 0 Å². The monoisotopic (exact) mass is 765 g/mol. The Hall–Kier alpha value is -4.26. The number of rotatable bonds is 8. The van der Waals surface area contributed by atoms with Gasteiger partial charge in [-0.2, -0.15) is 0 Å². The average molecular weight is 765 g/mol. The van der Waals surface area contributed by atoms with Crippen molar-refractivity contribution >= 4 is 12.6 Å². The molecule has 0 saturated heterocycles. The topological polar surface area (TPSA) is 115 Å². The molecule has 0 atom stereocenters. The van der Waals surface area contributed by atoms with Gasteiger partial charge in [0.2, 0.25) is 0 Å². The van der Waals surface area contributed by atoms with Crippen LogP contribution in [0.1, 0.15) is 167 Å². The summed E-state index contributed by atoms with van der Waals surface area (Å²) in [6.45, 7) is 2.89. The van der Waals surface area contributed by atoms with Crippen LogP contribution in [0.4, 0.5) is 0 Å². The van der Waals surface area contributed by atoms with E-state index in [1.807, 2.05) is 0 Å². The summed E-state index contributed by atoms with van der Waals surface area (Å²) in [4.78, 5) is 17.6. The summed E-state index contributed by atoms with van der Waals surface area (Å²) in [7, 11) is 2.00.